The van der Waals surface area contributed by atoms with E-state index in [9.17, 15) is 4.79 Å². The van der Waals surface area contributed by atoms with Gasteiger partial charge in [-0.25, -0.2) is 4.79 Å². The van der Waals surface area contributed by atoms with Gasteiger partial charge in [0.15, 0.2) is 0 Å². The molecular weight excluding hydrogens is 136 g/mol. The Labute approximate surface area is 58.9 Å². The van der Waals surface area contributed by atoms with Crippen LogP contribution in [0.5, 0.6) is 0 Å². The van der Waals surface area contributed by atoms with E-state index in [1.807, 2.05) is 5.92 Å². The fraction of sp³-hybridized carbons (Fsp3) is 0.333. The second-order valence-corrected chi connectivity index (χ2v) is 2.18. The summed E-state index contributed by atoms with van der Waals surface area (Å²) >= 11 is 4.65. The standard InChI is InChI=1S/C6H6O2S/c1-5(9)3-2-4-6(7)8/h3H2,1H3,(H,7,8). The van der Waals surface area contributed by atoms with E-state index in [4.69, 9.17) is 5.11 Å². The summed E-state index contributed by atoms with van der Waals surface area (Å²) in [4.78, 5) is 10.5. The summed E-state index contributed by atoms with van der Waals surface area (Å²) in [6, 6.07) is 0. The monoisotopic (exact) mass is 142 g/mol. The maximum absolute atomic E-state index is 9.76. The van der Waals surface area contributed by atoms with Crippen LogP contribution in [0.2, 0.25) is 0 Å². The number of aliphatic carboxylic acids is 1. The first-order valence-electron chi connectivity index (χ1n) is 2.34. The number of carboxylic acids is 1. The van der Waals surface area contributed by atoms with Gasteiger partial charge >= 0.3 is 5.97 Å². The van der Waals surface area contributed by atoms with Crippen molar-refractivity contribution in [2.24, 2.45) is 0 Å². The first kappa shape index (κ1) is 8.12. The molecular formula is C6H6O2S. The van der Waals surface area contributed by atoms with Gasteiger partial charge in [-0.1, -0.05) is 18.1 Å². The van der Waals surface area contributed by atoms with Crippen LogP contribution in [-0.4, -0.2) is 15.9 Å². The zero-order valence-electron chi connectivity index (χ0n) is 4.97. The minimum absolute atomic E-state index is 0.391. The zero-order chi connectivity index (χ0) is 7.28. The molecule has 0 aromatic carbocycles. The molecule has 0 spiro atoms. The van der Waals surface area contributed by atoms with Crippen LogP contribution in [0.25, 0.3) is 0 Å². The molecule has 0 saturated carbocycles. The first-order valence-corrected chi connectivity index (χ1v) is 2.75. The Kier molecular flexibility index (Phi) is 3.65. The molecule has 0 bridgehead atoms. The summed E-state index contributed by atoms with van der Waals surface area (Å²) in [5.41, 5.74) is 0. The van der Waals surface area contributed by atoms with Gasteiger partial charge in [0.25, 0.3) is 0 Å². The zero-order valence-corrected chi connectivity index (χ0v) is 5.79. The summed E-state index contributed by atoms with van der Waals surface area (Å²) in [6.45, 7) is 1.73. The van der Waals surface area contributed by atoms with E-state index >= 15 is 0 Å². The van der Waals surface area contributed by atoms with Gasteiger partial charge in [0.05, 0.1) is 0 Å². The van der Waals surface area contributed by atoms with E-state index in [0.717, 1.165) is 0 Å². The number of rotatable bonds is 1. The summed E-state index contributed by atoms with van der Waals surface area (Å²) in [5.74, 6) is 3.24. The molecule has 48 valence electrons. The number of hydrogen-bond acceptors (Lipinski definition) is 2. The lowest BCUT2D eigenvalue weighted by Gasteiger charge is -1.79. The van der Waals surface area contributed by atoms with Crippen molar-refractivity contribution in [3.05, 3.63) is 0 Å². The molecule has 0 rings (SSSR count). The van der Waals surface area contributed by atoms with Crippen LogP contribution in [-0.2, 0) is 4.79 Å². The number of thiocarbonyl (C=S) groups is 1. The van der Waals surface area contributed by atoms with Crippen LogP contribution in [0.4, 0.5) is 0 Å². The molecule has 0 atom stereocenters. The predicted molar refractivity (Wildman–Crippen MR) is 38.3 cm³/mol. The number of hydrogen-bond donors (Lipinski definition) is 1. The Hall–Kier alpha value is -0.880. The largest absolute Gasteiger partial charge is 0.472 e. The summed E-state index contributed by atoms with van der Waals surface area (Å²) < 4.78 is 0. The van der Waals surface area contributed by atoms with Crippen LogP contribution in [0.1, 0.15) is 13.3 Å². The molecule has 0 aliphatic heterocycles. The highest BCUT2D eigenvalue weighted by Gasteiger charge is 1.83. The Morgan fingerprint density at radius 2 is 2.33 bits per heavy atom. The molecule has 0 fully saturated rings. The maximum atomic E-state index is 9.76. The highest BCUT2D eigenvalue weighted by molar-refractivity contribution is 7.80. The van der Waals surface area contributed by atoms with Crippen LogP contribution < -0.4 is 0 Å². The van der Waals surface area contributed by atoms with Crippen LogP contribution in [0, 0.1) is 11.8 Å². The topological polar surface area (TPSA) is 37.3 Å². The maximum Gasteiger partial charge on any atom is 0.381 e. The Morgan fingerprint density at radius 3 is 2.67 bits per heavy atom. The molecule has 0 unspecified atom stereocenters. The minimum atomic E-state index is -1.11. The lowest BCUT2D eigenvalue weighted by molar-refractivity contribution is -0.130. The highest BCUT2D eigenvalue weighted by atomic mass is 32.1. The van der Waals surface area contributed by atoms with Crippen LogP contribution in [0.15, 0.2) is 0 Å². The fourth-order valence-corrected chi connectivity index (χ4v) is 0.316. The molecule has 0 radical (unpaired) electrons. The van der Waals surface area contributed by atoms with Crippen molar-refractivity contribution in [3.8, 4) is 11.8 Å². The average Bonchev–Trinajstić information content (AvgIpc) is 1.63. The summed E-state index contributed by atoms with van der Waals surface area (Å²) in [5, 5.41) is 8.01. The molecule has 0 saturated heterocycles. The van der Waals surface area contributed by atoms with Crippen LogP contribution >= 0.6 is 12.2 Å². The fourth-order valence-electron chi connectivity index (χ4n) is 0.244. The van der Waals surface area contributed by atoms with Gasteiger partial charge < -0.3 is 5.11 Å². The van der Waals surface area contributed by atoms with Gasteiger partial charge in [-0.05, 0) is 6.92 Å². The van der Waals surface area contributed by atoms with E-state index in [-0.39, 0.29) is 0 Å². The molecule has 0 aliphatic carbocycles. The van der Waals surface area contributed by atoms with Gasteiger partial charge in [0.2, 0.25) is 0 Å². The van der Waals surface area contributed by atoms with Gasteiger partial charge in [0, 0.05) is 17.2 Å². The van der Waals surface area contributed by atoms with Crippen molar-refractivity contribution in [1.82, 2.24) is 0 Å². The molecule has 0 aromatic heterocycles. The van der Waals surface area contributed by atoms with Gasteiger partial charge in [-0.15, -0.1) is 0 Å². The molecule has 3 heteroatoms. The van der Waals surface area contributed by atoms with E-state index in [1.54, 1.807) is 6.92 Å². The number of carboxylic acid groups (broad SMARTS) is 1. The molecule has 0 aromatic rings. The smallest absolute Gasteiger partial charge is 0.381 e. The molecule has 9 heavy (non-hydrogen) atoms. The second-order valence-electron chi connectivity index (χ2n) is 1.49. The third-order valence-electron chi connectivity index (χ3n) is 0.533. The quantitative estimate of drug-likeness (QED) is 0.435. The summed E-state index contributed by atoms with van der Waals surface area (Å²) in [7, 11) is 0. The van der Waals surface area contributed by atoms with Gasteiger partial charge in [-0.3, -0.25) is 0 Å². The third-order valence-corrected chi connectivity index (χ3v) is 0.677. The first-order chi connectivity index (χ1) is 4.13. The van der Waals surface area contributed by atoms with Crippen molar-refractivity contribution in [1.29, 1.82) is 0 Å². The van der Waals surface area contributed by atoms with Gasteiger partial charge in [-0.2, -0.15) is 0 Å². The lowest BCUT2D eigenvalue weighted by Crippen LogP contribution is -1.88. The molecule has 1 N–H and O–H groups in total. The highest BCUT2D eigenvalue weighted by Crippen LogP contribution is 1.80. The number of carbonyl (C=O) groups is 1. The molecule has 0 aliphatic rings. The SMILES string of the molecule is CC(=S)CC#CC(=O)O. The van der Waals surface area contributed by atoms with Crippen LogP contribution in [0.3, 0.4) is 0 Å². The normalized spacial score (nSPS) is 7.22. The van der Waals surface area contributed by atoms with Crippen molar-refractivity contribution >= 4 is 23.1 Å². The van der Waals surface area contributed by atoms with E-state index in [0.29, 0.717) is 11.3 Å². The Bertz CT molecular complexity index is 185. The van der Waals surface area contributed by atoms with Crippen molar-refractivity contribution in [2.45, 2.75) is 13.3 Å². The Morgan fingerprint density at radius 1 is 1.78 bits per heavy atom. The molecule has 0 heterocycles. The lowest BCUT2D eigenvalue weighted by atomic mass is 10.3. The predicted octanol–water partition coefficient (Wildman–Crippen LogP) is 0.854. The second kappa shape index (κ2) is 4.04. The van der Waals surface area contributed by atoms with E-state index < -0.39 is 5.97 Å². The molecule has 2 nitrogen and oxygen atoms in total. The minimum Gasteiger partial charge on any atom is -0.472 e. The average molecular weight is 142 g/mol. The third kappa shape index (κ3) is 7.12. The molecule has 0 amide bonds. The van der Waals surface area contributed by atoms with E-state index in [2.05, 4.69) is 18.1 Å². The Balaban J connectivity index is 3.63. The van der Waals surface area contributed by atoms with Crippen molar-refractivity contribution in [2.75, 3.05) is 0 Å². The van der Waals surface area contributed by atoms with Crippen molar-refractivity contribution in [3.63, 3.8) is 0 Å². The summed E-state index contributed by atoms with van der Waals surface area (Å²) in [6.07, 6.45) is 0.391. The van der Waals surface area contributed by atoms with E-state index in [1.165, 1.54) is 0 Å². The van der Waals surface area contributed by atoms with Crippen molar-refractivity contribution < 1.29 is 9.90 Å². The van der Waals surface area contributed by atoms with Gasteiger partial charge in [0.1, 0.15) is 0 Å².